The van der Waals surface area contributed by atoms with E-state index in [4.69, 9.17) is 0 Å². The van der Waals surface area contributed by atoms with Crippen molar-refractivity contribution in [3.8, 4) is 0 Å². The molecule has 1 amide bonds. The standard InChI is InChI=1S/C18H24FNO4/c1-12(2)7-9-18(17(23)24)11-20(10-8-15(18)21)16(22)13-5-3-4-6-14(13)19/h3-6,12,15,21H,7-11H2,1-2H3,(H,23,24)/t15-,18-/m1/s1. The van der Waals surface area contributed by atoms with E-state index in [1.807, 2.05) is 13.8 Å². The highest BCUT2D eigenvalue weighted by molar-refractivity contribution is 5.95. The highest BCUT2D eigenvalue weighted by Gasteiger charge is 2.50. The van der Waals surface area contributed by atoms with Crippen LogP contribution >= 0.6 is 0 Å². The van der Waals surface area contributed by atoms with Gasteiger partial charge in [-0.1, -0.05) is 26.0 Å². The van der Waals surface area contributed by atoms with Gasteiger partial charge in [-0.25, -0.2) is 4.39 Å². The zero-order valence-electron chi connectivity index (χ0n) is 14.0. The number of hydrogen-bond acceptors (Lipinski definition) is 3. The Morgan fingerprint density at radius 1 is 1.38 bits per heavy atom. The van der Waals surface area contributed by atoms with Gasteiger partial charge >= 0.3 is 5.97 Å². The second-order valence-electron chi connectivity index (χ2n) is 6.90. The van der Waals surface area contributed by atoms with Crippen molar-refractivity contribution in [2.75, 3.05) is 13.1 Å². The number of rotatable bonds is 5. The highest BCUT2D eigenvalue weighted by atomic mass is 19.1. The van der Waals surface area contributed by atoms with E-state index >= 15 is 0 Å². The van der Waals surface area contributed by atoms with Crippen LogP contribution in [0.3, 0.4) is 0 Å². The number of carbonyl (C=O) groups excluding carboxylic acids is 1. The summed E-state index contributed by atoms with van der Waals surface area (Å²) in [6.07, 6.45) is 0.0659. The van der Waals surface area contributed by atoms with Crippen LogP contribution in [0.1, 0.15) is 43.5 Å². The van der Waals surface area contributed by atoms with Gasteiger partial charge in [0.05, 0.1) is 11.7 Å². The number of hydrogen-bond donors (Lipinski definition) is 2. The van der Waals surface area contributed by atoms with Gasteiger partial charge in [0.15, 0.2) is 0 Å². The third kappa shape index (κ3) is 3.59. The molecule has 24 heavy (non-hydrogen) atoms. The third-order valence-corrected chi connectivity index (χ3v) is 4.77. The van der Waals surface area contributed by atoms with Crippen LogP contribution in [0.2, 0.25) is 0 Å². The summed E-state index contributed by atoms with van der Waals surface area (Å²) in [4.78, 5) is 25.8. The van der Waals surface area contributed by atoms with Gasteiger partial charge in [0.2, 0.25) is 0 Å². The number of carbonyl (C=O) groups is 2. The van der Waals surface area contributed by atoms with Crippen molar-refractivity contribution >= 4 is 11.9 Å². The van der Waals surface area contributed by atoms with Crippen LogP contribution in [0.25, 0.3) is 0 Å². The molecule has 2 N–H and O–H groups in total. The molecule has 1 aromatic carbocycles. The van der Waals surface area contributed by atoms with E-state index < -0.39 is 29.2 Å². The minimum absolute atomic E-state index is 0.0722. The first kappa shape index (κ1) is 18.4. The number of carboxylic acid groups (broad SMARTS) is 1. The molecular formula is C18H24FNO4. The van der Waals surface area contributed by atoms with E-state index in [1.165, 1.54) is 23.1 Å². The number of nitrogens with zero attached hydrogens (tertiary/aromatic N) is 1. The van der Waals surface area contributed by atoms with Gasteiger partial charge in [-0.05, 0) is 37.3 Å². The zero-order valence-corrected chi connectivity index (χ0v) is 14.0. The van der Waals surface area contributed by atoms with E-state index in [9.17, 15) is 24.2 Å². The molecule has 5 nitrogen and oxygen atoms in total. The minimum Gasteiger partial charge on any atom is -0.481 e. The van der Waals surface area contributed by atoms with Crippen LogP contribution in [0.5, 0.6) is 0 Å². The fourth-order valence-electron chi connectivity index (χ4n) is 3.17. The lowest BCUT2D eigenvalue weighted by atomic mass is 9.72. The van der Waals surface area contributed by atoms with Crippen LogP contribution in [0, 0.1) is 17.2 Å². The zero-order chi connectivity index (χ0) is 17.9. The molecule has 6 heteroatoms. The van der Waals surface area contributed by atoms with Crippen LogP contribution in [-0.4, -0.2) is 46.2 Å². The predicted molar refractivity (Wildman–Crippen MR) is 87.1 cm³/mol. The van der Waals surface area contributed by atoms with E-state index in [0.717, 1.165) is 0 Å². The summed E-state index contributed by atoms with van der Waals surface area (Å²) in [6.45, 7) is 4.06. The van der Waals surface area contributed by atoms with Crippen LogP contribution in [-0.2, 0) is 4.79 Å². The lowest BCUT2D eigenvalue weighted by Crippen LogP contribution is -2.57. The predicted octanol–water partition coefficient (Wildman–Crippen LogP) is 2.54. The van der Waals surface area contributed by atoms with Crippen molar-refractivity contribution < 1.29 is 24.2 Å². The van der Waals surface area contributed by atoms with Gasteiger partial charge < -0.3 is 15.1 Å². The maximum absolute atomic E-state index is 13.9. The average molecular weight is 337 g/mol. The first-order valence-electron chi connectivity index (χ1n) is 8.23. The average Bonchev–Trinajstić information content (AvgIpc) is 2.53. The Labute approximate surface area is 141 Å². The number of piperidine rings is 1. The van der Waals surface area contributed by atoms with Crippen molar-refractivity contribution in [1.29, 1.82) is 0 Å². The summed E-state index contributed by atoms with van der Waals surface area (Å²) in [5, 5.41) is 20.1. The van der Waals surface area contributed by atoms with Crippen molar-refractivity contribution in [2.24, 2.45) is 11.3 Å². The molecule has 0 bridgehead atoms. The van der Waals surface area contributed by atoms with Gasteiger partial charge in [0.1, 0.15) is 11.2 Å². The van der Waals surface area contributed by atoms with Gasteiger partial charge in [0.25, 0.3) is 5.91 Å². The van der Waals surface area contributed by atoms with E-state index in [2.05, 4.69) is 0 Å². The monoisotopic (exact) mass is 337 g/mol. The normalized spacial score (nSPS) is 24.2. The number of halogens is 1. The number of aliphatic hydroxyl groups excluding tert-OH is 1. The van der Waals surface area contributed by atoms with Crippen molar-refractivity contribution in [2.45, 2.75) is 39.2 Å². The molecule has 132 valence electrons. The Hall–Kier alpha value is -1.95. The lowest BCUT2D eigenvalue weighted by Gasteiger charge is -2.43. The van der Waals surface area contributed by atoms with Crippen LogP contribution in [0.15, 0.2) is 24.3 Å². The Balaban J connectivity index is 2.26. The summed E-state index contributed by atoms with van der Waals surface area (Å²) < 4.78 is 13.9. The summed E-state index contributed by atoms with van der Waals surface area (Å²) in [7, 11) is 0. The fourth-order valence-corrected chi connectivity index (χ4v) is 3.17. The van der Waals surface area contributed by atoms with E-state index in [-0.39, 0.29) is 37.4 Å². The van der Waals surface area contributed by atoms with Crippen LogP contribution < -0.4 is 0 Å². The molecule has 0 radical (unpaired) electrons. The smallest absolute Gasteiger partial charge is 0.314 e. The molecule has 1 aliphatic rings. The van der Waals surface area contributed by atoms with Gasteiger partial charge in [-0.15, -0.1) is 0 Å². The molecule has 0 saturated carbocycles. The summed E-state index contributed by atoms with van der Waals surface area (Å²) in [6, 6.07) is 5.66. The minimum atomic E-state index is -1.40. The Morgan fingerprint density at radius 3 is 2.62 bits per heavy atom. The number of benzene rings is 1. The number of aliphatic carboxylic acids is 1. The Kier molecular flexibility index (Phi) is 5.59. The molecule has 0 aliphatic carbocycles. The SMILES string of the molecule is CC(C)CC[C@@]1(C(=O)O)CN(C(=O)c2ccccc2F)CC[C@H]1O. The second-order valence-corrected chi connectivity index (χ2v) is 6.90. The number of aliphatic hydroxyl groups is 1. The Morgan fingerprint density at radius 2 is 2.04 bits per heavy atom. The molecule has 1 saturated heterocycles. The summed E-state index contributed by atoms with van der Waals surface area (Å²) in [5.74, 6) is -1.99. The topological polar surface area (TPSA) is 77.8 Å². The summed E-state index contributed by atoms with van der Waals surface area (Å²) >= 11 is 0. The van der Waals surface area contributed by atoms with Crippen LogP contribution in [0.4, 0.5) is 4.39 Å². The van der Waals surface area contributed by atoms with E-state index in [0.29, 0.717) is 6.42 Å². The number of amides is 1. The van der Waals surface area contributed by atoms with Gasteiger partial charge in [-0.3, -0.25) is 9.59 Å². The molecule has 1 heterocycles. The maximum Gasteiger partial charge on any atom is 0.314 e. The van der Waals surface area contributed by atoms with Gasteiger partial charge in [-0.2, -0.15) is 0 Å². The molecule has 2 atom stereocenters. The number of carboxylic acids is 1. The molecule has 0 aromatic heterocycles. The first-order valence-corrected chi connectivity index (χ1v) is 8.23. The second kappa shape index (κ2) is 7.30. The lowest BCUT2D eigenvalue weighted by molar-refractivity contribution is -0.163. The largest absolute Gasteiger partial charge is 0.481 e. The maximum atomic E-state index is 13.9. The quantitative estimate of drug-likeness (QED) is 0.865. The number of likely N-dealkylation sites (tertiary alicyclic amines) is 1. The van der Waals surface area contributed by atoms with Crippen molar-refractivity contribution in [3.63, 3.8) is 0 Å². The molecule has 1 aliphatic heterocycles. The third-order valence-electron chi connectivity index (χ3n) is 4.77. The Bertz CT molecular complexity index is 619. The summed E-state index contributed by atoms with van der Waals surface area (Å²) in [5.41, 5.74) is -1.47. The fraction of sp³-hybridized carbons (Fsp3) is 0.556. The molecule has 1 aromatic rings. The van der Waals surface area contributed by atoms with E-state index in [1.54, 1.807) is 6.07 Å². The van der Waals surface area contributed by atoms with Gasteiger partial charge in [0, 0.05) is 13.1 Å². The molecule has 2 rings (SSSR count). The molecule has 0 unspecified atom stereocenters. The van der Waals surface area contributed by atoms with Crippen molar-refractivity contribution in [1.82, 2.24) is 4.90 Å². The van der Waals surface area contributed by atoms with Crippen molar-refractivity contribution in [3.05, 3.63) is 35.6 Å². The molecule has 0 spiro atoms. The molecule has 1 fully saturated rings. The first-order chi connectivity index (χ1) is 11.3. The molecular weight excluding hydrogens is 313 g/mol. The highest BCUT2D eigenvalue weighted by Crippen LogP contribution is 2.37.